The van der Waals surface area contributed by atoms with Gasteiger partial charge in [-0.3, -0.25) is 9.69 Å². The minimum atomic E-state index is -1.26. The van der Waals surface area contributed by atoms with Gasteiger partial charge in [0.15, 0.2) is 5.82 Å². The highest BCUT2D eigenvalue weighted by Crippen LogP contribution is 2.19. The molecule has 0 aromatic carbocycles. The molecule has 0 radical (unpaired) electrons. The third kappa shape index (κ3) is 5.85. The third-order valence-electron chi connectivity index (χ3n) is 4.63. The van der Waals surface area contributed by atoms with Crippen LogP contribution in [0.2, 0.25) is 0 Å². The summed E-state index contributed by atoms with van der Waals surface area (Å²) in [5, 5.41) is 20.1. The molecule has 0 aliphatic heterocycles. The monoisotopic (exact) mass is 464 g/mol. The van der Waals surface area contributed by atoms with Crippen LogP contribution in [-0.4, -0.2) is 54.6 Å². The van der Waals surface area contributed by atoms with E-state index in [9.17, 15) is 14.4 Å². The molecule has 3 heterocycles. The van der Waals surface area contributed by atoms with Gasteiger partial charge in [-0.1, -0.05) is 0 Å². The molecule has 174 valence electrons. The largest absolute Gasteiger partial charge is 0.397 e. The zero-order valence-corrected chi connectivity index (χ0v) is 17.8. The number of nitrogens with zero attached hydrogens (tertiary/aromatic N) is 8. The Hall–Kier alpha value is -4.93. The Morgan fingerprint density at radius 1 is 1.18 bits per heavy atom. The van der Waals surface area contributed by atoms with Gasteiger partial charge in [0.05, 0.1) is 42.8 Å². The Morgan fingerprint density at radius 2 is 1.91 bits per heavy atom. The maximum atomic E-state index is 13.0. The predicted octanol–water partition coefficient (Wildman–Crippen LogP) is -0.111. The number of nitrogens with two attached hydrogens (primary N) is 2. The number of rotatable bonds is 10. The number of anilines is 3. The van der Waals surface area contributed by atoms with Gasteiger partial charge in [0.2, 0.25) is 6.41 Å². The summed E-state index contributed by atoms with van der Waals surface area (Å²) in [6.07, 6.45) is 3.26. The second kappa shape index (κ2) is 11.1. The first-order valence-electron chi connectivity index (χ1n) is 9.97. The number of hydrogen-bond acceptors (Lipinski definition) is 12. The number of amides is 1. The fourth-order valence-electron chi connectivity index (χ4n) is 2.94. The molecular weight excluding hydrogens is 444 g/mol. The van der Waals surface area contributed by atoms with E-state index < -0.39 is 18.0 Å². The Labute approximate surface area is 193 Å². The molecular formula is C20H20N10O4. The van der Waals surface area contributed by atoms with Gasteiger partial charge in [-0.25, -0.2) is 24.2 Å². The van der Waals surface area contributed by atoms with Crippen LogP contribution >= 0.6 is 0 Å². The van der Waals surface area contributed by atoms with Crippen molar-refractivity contribution in [2.45, 2.75) is 31.8 Å². The lowest BCUT2D eigenvalue weighted by Crippen LogP contribution is -2.43. The van der Waals surface area contributed by atoms with E-state index >= 15 is 0 Å². The predicted molar refractivity (Wildman–Crippen MR) is 116 cm³/mol. The molecule has 0 fully saturated rings. The van der Waals surface area contributed by atoms with E-state index in [0.717, 1.165) is 4.90 Å². The first kappa shape index (κ1) is 23.7. The first-order chi connectivity index (χ1) is 16.4. The molecule has 14 heteroatoms. The molecule has 1 atom stereocenters. The van der Waals surface area contributed by atoms with Crippen molar-refractivity contribution in [3.63, 3.8) is 0 Å². The van der Waals surface area contributed by atoms with Crippen LogP contribution in [0.25, 0.3) is 0 Å². The van der Waals surface area contributed by atoms with E-state index in [-0.39, 0.29) is 37.3 Å². The normalized spacial score (nSPS) is 11.3. The topological polar surface area (TPSA) is 209 Å². The number of esters is 2. The second-order valence-corrected chi connectivity index (χ2v) is 6.93. The lowest BCUT2D eigenvalue weighted by Gasteiger charge is -2.25. The van der Waals surface area contributed by atoms with Crippen molar-refractivity contribution in [1.29, 1.82) is 5.26 Å². The molecule has 0 aliphatic rings. The SMILES string of the molecule is N#CCCn1nnnc1CC[C@@H](C(=O)OC(=O)c1ccc(N)cn1)N(C=O)c1ccc(N)cn1. The number of hydrogen-bond donors (Lipinski definition) is 2. The van der Waals surface area contributed by atoms with Crippen molar-refractivity contribution in [3.8, 4) is 6.07 Å². The van der Waals surface area contributed by atoms with E-state index in [1.165, 1.54) is 41.3 Å². The van der Waals surface area contributed by atoms with Gasteiger partial charge in [0.1, 0.15) is 17.6 Å². The van der Waals surface area contributed by atoms with E-state index in [2.05, 4.69) is 25.5 Å². The zero-order valence-electron chi connectivity index (χ0n) is 17.8. The van der Waals surface area contributed by atoms with E-state index in [1.807, 2.05) is 6.07 Å². The Bertz CT molecular complexity index is 1190. The Balaban J connectivity index is 1.83. The van der Waals surface area contributed by atoms with Gasteiger partial charge in [-0.15, -0.1) is 5.10 Å². The number of pyridine rings is 2. The summed E-state index contributed by atoms with van der Waals surface area (Å²) >= 11 is 0. The molecule has 0 saturated heterocycles. The molecule has 14 nitrogen and oxygen atoms in total. The van der Waals surface area contributed by atoms with Crippen LogP contribution < -0.4 is 16.4 Å². The van der Waals surface area contributed by atoms with Gasteiger partial charge in [0.25, 0.3) is 0 Å². The van der Waals surface area contributed by atoms with Crippen LogP contribution in [0, 0.1) is 11.3 Å². The molecule has 3 rings (SSSR count). The second-order valence-electron chi connectivity index (χ2n) is 6.93. The Kier molecular flexibility index (Phi) is 7.74. The fraction of sp³-hybridized carbons (Fsp3) is 0.250. The summed E-state index contributed by atoms with van der Waals surface area (Å²) in [6, 6.07) is 6.44. The highest BCUT2D eigenvalue weighted by atomic mass is 16.6. The van der Waals surface area contributed by atoms with Crippen molar-refractivity contribution in [3.05, 3.63) is 48.2 Å². The van der Waals surface area contributed by atoms with Crippen molar-refractivity contribution in [2.75, 3.05) is 16.4 Å². The van der Waals surface area contributed by atoms with Gasteiger partial charge in [-0.05, 0) is 41.1 Å². The highest BCUT2D eigenvalue weighted by molar-refractivity contribution is 5.99. The van der Waals surface area contributed by atoms with Crippen molar-refractivity contribution >= 4 is 35.5 Å². The number of aryl methyl sites for hydroxylation is 2. The van der Waals surface area contributed by atoms with Gasteiger partial charge >= 0.3 is 11.9 Å². The first-order valence-corrected chi connectivity index (χ1v) is 9.97. The standard InChI is InChI=1S/C20H20N10O4/c21-8-1-9-30-18(26-27-28-30)7-5-16(29(12-31)17-6-3-14(23)11-25-17)20(33)34-19(32)15-4-2-13(22)10-24-15/h2-4,6,10-12,16H,1,5,7,9,22-23H2/t16-/m0/s1. The Morgan fingerprint density at radius 3 is 2.53 bits per heavy atom. The number of tetrazole rings is 1. The number of ether oxygens (including phenoxy) is 1. The summed E-state index contributed by atoms with van der Waals surface area (Å²) in [5.74, 6) is -1.51. The zero-order chi connectivity index (χ0) is 24.5. The van der Waals surface area contributed by atoms with Crippen molar-refractivity contribution in [1.82, 2.24) is 30.2 Å². The van der Waals surface area contributed by atoms with Crippen molar-refractivity contribution in [2.24, 2.45) is 0 Å². The van der Waals surface area contributed by atoms with Crippen LogP contribution in [-0.2, 0) is 27.3 Å². The molecule has 1 amide bonds. The number of carbonyl (C=O) groups is 3. The van der Waals surface area contributed by atoms with Gasteiger partial charge in [0, 0.05) is 6.42 Å². The van der Waals surface area contributed by atoms with E-state index in [0.29, 0.717) is 23.6 Å². The van der Waals surface area contributed by atoms with E-state index in [1.54, 1.807) is 0 Å². The summed E-state index contributed by atoms with van der Waals surface area (Å²) in [6.45, 7) is 0.256. The maximum absolute atomic E-state index is 13.0. The molecule has 34 heavy (non-hydrogen) atoms. The molecule has 3 aromatic heterocycles. The molecule has 0 bridgehead atoms. The van der Waals surface area contributed by atoms with Gasteiger partial charge < -0.3 is 16.2 Å². The number of aromatic nitrogens is 6. The minimum absolute atomic E-state index is 0.0149. The fourth-order valence-corrected chi connectivity index (χ4v) is 2.94. The van der Waals surface area contributed by atoms with Crippen LogP contribution in [0.4, 0.5) is 17.2 Å². The highest BCUT2D eigenvalue weighted by Gasteiger charge is 2.31. The quantitative estimate of drug-likeness (QED) is 0.229. The number of carbonyl (C=O) groups excluding carboxylic acids is 3. The van der Waals surface area contributed by atoms with E-state index in [4.69, 9.17) is 21.5 Å². The number of nitriles is 1. The smallest absolute Gasteiger partial charge is 0.364 e. The van der Waals surface area contributed by atoms with Crippen LogP contribution in [0.15, 0.2) is 36.7 Å². The third-order valence-corrected chi connectivity index (χ3v) is 4.63. The lowest BCUT2D eigenvalue weighted by molar-refractivity contribution is -0.140. The summed E-state index contributed by atoms with van der Waals surface area (Å²) in [4.78, 5) is 46.3. The lowest BCUT2D eigenvalue weighted by atomic mass is 10.1. The van der Waals surface area contributed by atoms with Crippen LogP contribution in [0.5, 0.6) is 0 Å². The molecule has 0 saturated carbocycles. The van der Waals surface area contributed by atoms with Crippen molar-refractivity contribution < 1.29 is 19.1 Å². The molecule has 0 spiro atoms. The molecule has 3 aromatic rings. The molecule has 0 aliphatic carbocycles. The average molecular weight is 464 g/mol. The molecule has 0 unspecified atom stereocenters. The average Bonchev–Trinajstić information content (AvgIpc) is 3.28. The number of nitrogen functional groups attached to an aromatic ring is 2. The molecule has 4 N–H and O–H groups in total. The van der Waals surface area contributed by atoms with Crippen LogP contribution in [0.1, 0.15) is 29.2 Å². The summed E-state index contributed by atoms with van der Waals surface area (Å²) in [5.41, 5.74) is 11.8. The minimum Gasteiger partial charge on any atom is -0.397 e. The van der Waals surface area contributed by atoms with Gasteiger partial charge in [-0.2, -0.15) is 5.26 Å². The van der Waals surface area contributed by atoms with Crippen LogP contribution in [0.3, 0.4) is 0 Å². The summed E-state index contributed by atoms with van der Waals surface area (Å²) < 4.78 is 6.41. The maximum Gasteiger partial charge on any atom is 0.364 e. The summed E-state index contributed by atoms with van der Waals surface area (Å²) in [7, 11) is 0.